The van der Waals surface area contributed by atoms with E-state index in [4.69, 9.17) is 0 Å². The van der Waals surface area contributed by atoms with Gasteiger partial charge in [-0.05, 0) is 42.7 Å². The van der Waals surface area contributed by atoms with E-state index in [0.717, 1.165) is 18.9 Å². The van der Waals surface area contributed by atoms with Crippen molar-refractivity contribution in [2.75, 3.05) is 11.9 Å². The summed E-state index contributed by atoms with van der Waals surface area (Å²) in [6.45, 7) is -0.492. The van der Waals surface area contributed by atoms with Crippen molar-refractivity contribution in [1.82, 2.24) is 5.32 Å². The lowest BCUT2D eigenvalue weighted by atomic mass is 9.78. The van der Waals surface area contributed by atoms with Crippen molar-refractivity contribution in [3.8, 4) is 0 Å². The first-order chi connectivity index (χ1) is 13.3. The zero-order valence-electron chi connectivity index (χ0n) is 14.8. The summed E-state index contributed by atoms with van der Waals surface area (Å²) >= 11 is 0. The third-order valence-corrected chi connectivity index (χ3v) is 4.99. The lowest BCUT2D eigenvalue weighted by Gasteiger charge is -2.28. The van der Waals surface area contributed by atoms with Gasteiger partial charge < -0.3 is 10.6 Å². The second-order valence-electron chi connectivity index (χ2n) is 6.75. The van der Waals surface area contributed by atoms with Crippen LogP contribution in [-0.4, -0.2) is 18.4 Å². The molecule has 0 spiro atoms. The number of carbonyl (C=O) groups is 2. The second kappa shape index (κ2) is 8.00. The molecule has 2 aromatic rings. The third-order valence-electron chi connectivity index (χ3n) is 4.99. The second-order valence-corrected chi connectivity index (χ2v) is 6.75. The van der Waals surface area contributed by atoms with Gasteiger partial charge in [-0.25, -0.2) is 17.6 Å². The summed E-state index contributed by atoms with van der Waals surface area (Å²) in [5.74, 6) is -6.28. The molecule has 0 aliphatic heterocycles. The van der Waals surface area contributed by atoms with Crippen LogP contribution in [0, 0.1) is 23.3 Å². The van der Waals surface area contributed by atoms with E-state index >= 15 is 0 Å². The minimum atomic E-state index is -1.70. The van der Waals surface area contributed by atoms with Crippen LogP contribution in [0.3, 0.4) is 0 Å². The predicted molar refractivity (Wildman–Crippen MR) is 94.5 cm³/mol. The van der Waals surface area contributed by atoms with Gasteiger partial charge in [-0.1, -0.05) is 25.0 Å². The van der Waals surface area contributed by atoms with Crippen LogP contribution < -0.4 is 10.6 Å². The SMILES string of the molecule is O=C(CNC(=O)C1(c2cccc(F)c2)CCCC1)Nc1ccc(F)c(F)c1F. The van der Waals surface area contributed by atoms with E-state index in [0.29, 0.717) is 24.5 Å². The molecule has 28 heavy (non-hydrogen) atoms. The molecule has 3 rings (SSSR count). The Labute approximate surface area is 158 Å². The van der Waals surface area contributed by atoms with Crippen LogP contribution in [0.4, 0.5) is 23.2 Å². The molecule has 1 aliphatic rings. The lowest BCUT2D eigenvalue weighted by molar-refractivity contribution is -0.128. The average molecular weight is 394 g/mol. The molecule has 0 radical (unpaired) electrons. The molecule has 0 unspecified atom stereocenters. The van der Waals surface area contributed by atoms with Gasteiger partial charge in [0, 0.05) is 0 Å². The van der Waals surface area contributed by atoms with E-state index in [1.807, 2.05) is 0 Å². The molecule has 0 aromatic heterocycles. The Morgan fingerprint density at radius 3 is 2.36 bits per heavy atom. The Bertz CT molecular complexity index is 911. The normalized spacial score (nSPS) is 15.3. The number of amides is 2. The highest BCUT2D eigenvalue weighted by atomic mass is 19.2. The fourth-order valence-electron chi connectivity index (χ4n) is 3.56. The maximum absolute atomic E-state index is 13.6. The molecule has 0 bridgehead atoms. The Balaban J connectivity index is 1.68. The molecule has 148 valence electrons. The first-order valence-electron chi connectivity index (χ1n) is 8.81. The third kappa shape index (κ3) is 3.85. The number of benzene rings is 2. The van der Waals surface area contributed by atoms with Gasteiger partial charge in [0.1, 0.15) is 5.82 Å². The maximum atomic E-state index is 13.6. The highest BCUT2D eigenvalue weighted by molar-refractivity contribution is 5.96. The summed E-state index contributed by atoms with van der Waals surface area (Å²) in [6.07, 6.45) is 2.61. The summed E-state index contributed by atoms with van der Waals surface area (Å²) in [5.41, 5.74) is -0.927. The lowest BCUT2D eigenvalue weighted by Crippen LogP contribution is -2.45. The van der Waals surface area contributed by atoms with Gasteiger partial charge in [0.15, 0.2) is 17.5 Å². The Morgan fingerprint density at radius 1 is 0.964 bits per heavy atom. The highest BCUT2D eigenvalue weighted by Crippen LogP contribution is 2.41. The molecule has 1 aliphatic carbocycles. The van der Waals surface area contributed by atoms with E-state index in [-0.39, 0.29) is 0 Å². The van der Waals surface area contributed by atoms with Gasteiger partial charge in [0.2, 0.25) is 11.8 Å². The van der Waals surface area contributed by atoms with Gasteiger partial charge in [-0.3, -0.25) is 9.59 Å². The molecule has 2 amide bonds. The number of hydrogen-bond acceptors (Lipinski definition) is 2. The average Bonchev–Trinajstić information content (AvgIpc) is 3.18. The van der Waals surface area contributed by atoms with Crippen molar-refractivity contribution < 1.29 is 27.2 Å². The largest absolute Gasteiger partial charge is 0.346 e. The smallest absolute Gasteiger partial charge is 0.243 e. The quantitative estimate of drug-likeness (QED) is 0.599. The molecule has 4 nitrogen and oxygen atoms in total. The van der Waals surface area contributed by atoms with E-state index in [2.05, 4.69) is 10.6 Å². The van der Waals surface area contributed by atoms with Crippen LogP contribution in [0.5, 0.6) is 0 Å². The minimum absolute atomic E-state index is 0.434. The fraction of sp³-hybridized carbons (Fsp3) is 0.300. The molecule has 0 heterocycles. The number of nitrogens with one attached hydrogen (secondary N) is 2. The molecule has 0 saturated heterocycles. The number of halogens is 4. The minimum Gasteiger partial charge on any atom is -0.346 e. The van der Waals surface area contributed by atoms with E-state index in [1.165, 1.54) is 18.2 Å². The number of carbonyl (C=O) groups excluding carboxylic acids is 2. The van der Waals surface area contributed by atoms with Crippen molar-refractivity contribution in [1.29, 1.82) is 0 Å². The number of rotatable bonds is 5. The highest BCUT2D eigenvalue weighted by Gasteiger charge is 2.42. The Morgan fingerprint density at radius 2 is 1.68 bits per heavy atom. The van der Waals surface area contributed by atoms with Gasteiger partial charge >= 0.3 is 0 Å². The molecule has 1 fully saturated rings. The Kier molecular flexibility index (Phi) is 5.67. The van der Waals surface area contributed by atoms with Gasteiger partial charge in [-0.2, -0.15) is 0 Å². The van der Waals surface area contributed by atoms with Crippen molar-refractivity contribution in [2.45, 2.75) is 31.1 Å². The van der Waals surface area contributed by atoms with Crippen LogP contribution in [0.1, 0.15) is 31.2 Å². The summed E-state index contributed by atoms with van der Waals surface area (Å²) in [6, 6.07) is 7.36. The van der Waals surface area contributed by atoms with E-state index in [9.17, 15) is 27.2 Å². The van der Waals surface area contributed by atoms with E-state index in [1.54, 1.807) is 6.07 Å². The van der Waals surface area contributed by atoms with Crippen LogP contribution in [0.25, 0.3) is 0 Å². The van der Waals surface area contributed by atoms with Crippen LogP contribution >= 0.6 is 0 Å². The summed E-state index contributed by atoms with van der Waals surface area (Å²) < 4.78 is 53.4. The number of hydrogen-bond donors (Lipinski definition) is 2. The van der Waals surface area contributed by atoms with Crippen molar-refractivity contribution in [3.63, 3.8) is 0 Å². The molecule has 0 atom stereocenters. The molecule has 8 heteroatoms. The summed E-state index contributed by atoms with van der Waals surface area (Å²) in [7, 11) is 0. The zero-order valence-corrected chi connectivity index (χ0v) is 14.8. The van der Waals surface area contributed by atoms with Crippen LogP contribution in [-0.2, 0) is 15.0 Å². The fourth-order valence-corrected chi connectivity index (χ4v) is 3.56. The topological polar surface area (TPSA) is 58.2 Å². The van der Waals surface area contributed by atoms with E-state index < -0.39 is 52.7 Å². The van der Waals surface area contributed by atoms with Gasteiger partial charge in [-0.15, -0.1) is 0 Å². The maximum Gasteiger partial charge on any atom is 0.243 e. The van der Waals surface area contributed by atoms with Crippen molar-refractivity contribution in [2.24, 2.45) is 0 Å². The Hall–Kier alpha value is -2.90. The first kappa shape index (κ1) is 19.9. The molecule has 2 aromatic carbocycles. The zero-order chi connectivity index (χ0) is 20.3. The van der Waals surface area contributed by atoms with Crippen molar-refractivity contribution in [3.05, 3.63) is 65.2 Å². The molecule has 2 N–H and O–H groups in total. The van der Waals surface area contributed by atoms with Gasteiger partial charge in [0.05, 0.1) is 17.6 Å². The standard InChI is InChI=1S/C20H18F4N2O2/c21-13-5-3-4-12(10-13)20(8-1-2-9-20)19(28)25-11-16(27)26-15-7-6-14(22)17(23)18(15)24/h3-7,10H,1-2,8-9,11H2,(H,25,28)(H,26,27). The monoisotopic (exact) mass is 394 g/mol. The predicted octanol–water partition coefficient (Wildman–Crippen LogP) is 3.81. The molecule has 1 saturated carbocycles. The van der Waals surface area contributed by atoms with Crippen molar-refractivity contribution >= 4 is 17.5 Å². The summed E-state index contributed by atoms with van der Waals surface area (Å²) in [5, 5.41) is 4.58. The van der Waals surface area contributed by atoms with Crippen LogP contribution in [0.2, 0.25) is 0 Å². The van der Waals surface area contributed by atoms with Gasteiger partial charge in [0.25, 0.3) is 0 Å². The number of anilines is 1. The first-order valence-corrected chi connectivity index (χ1v) is 8.81. The van der Waals surface area contributed by atoms with Crippen LogP contribution in [0.15, 0.2) is 36.4 Å². The molecular formula is C20H18F4N2O2. The molecular weight excluding hydrogens is 376 g/mol. The summed E-state index contributed by atoms with van der Waals surface area (Å²) in [4.78, 5) is 24.8.